The summed E-state index contributed by atoms with van der Waals surface area (Å²) in [5.41, 5.74) is 10.1. The lowest BCUT2D eigenvalue weighted by molar-refractivity contribution is 0.628. The van der Waals surface area contributed by atoms with Crippen LogP contribution in [0.2, 0.25) is 0 Å². The molecule has 0 aliphatic carbocycles. The van der Waals surface area contributed by atoms with Crippen molar-refractivity contribution in [2.75, 3.05) is 5.73 Å². The van der Waals surface area contributed by atoms with Crippen molar-refractivity contribution in [2.24, 2.45) is 0 Å². The Morgan fingerprint density at radius 1 is 1.17 bits per heavy atom. The Hall–Kier alpha value is -2.36. The van der Waals surface area contributed by atoms with Gasteiger partial charge in [0.05, 0.1) is 11.4 Å². The van der Waals surface area contributed by atoms with Crippen LogP contribution in [0.25, 0.3) is 16.9 Å². The summed E-state index contributed by atoms with van der Waals surface area (Å²) in [7, 11) is 0. The third-order valence-electron chi connectivity index (χ3n) is 2.98. The van der Waals surface area contributed by atoms with Gasteiger partial charge in [-0.3, -0.25) is 0 Å². The second-order valence-electron chi connectivity index (χ2n) is 4.31. The zero-order valence-corrected chi connectivity index (χ0v) is 9.89. The molecule has 18 heavy (non-hydrogen) atoms. The van der Waals surface area contributed by atoms with Gasteiger partial charge in [-0.1, -0.05) is 0 Å². The van der Waals surface area contributed by atoms with E-state index in [9.17, 15) is 4.39 Å². The van der Waals surface area contributed by atoms with Crippen LogP contribution in [0.5, 0.6) is 0 Å². The molecule has 0 unspecified atom stereocenters. The van der Waals surface area contributed by atoms with Gasteiger partial charge in [-0.25, -0.2) is 9.37 Å². The van der Waals surface area contributed by atoms with E-state index < -0.39 is 0 Å². The van der Waals surface area contributed by atoms with E-state index in [4.69, 9.17) is 5.73 Å². The van der Waals surface area contributed by atoms with E-state index in [1.54, 1.807) is 12.1 Å². The molecule has 0 amide bonds. The molecule has 3 aromatic rings. The number of rotatable bonds is 1. The van der Waals surface area contributed by atoms with Gasteiger partial charge in [0.15, 0.2) is 0 Å². The first-order chi connectivity index (χ1) is 8.63. The molecule has 4 heteroatoms. The monoisotopic (exact) mass is 241 g/mol. The summed E-state index contributed by atoms with van der Waals surface area (Å²) >= 11 is 0. The molecule has 1 aromatic carbocycles. The Labute approximate surface area is 104 Å². The third kappa shape index (κ3) is 1.72. The largest absolute Gasteiger partial charge is 0.397 e. The zero-order valence-electron chi connectivity index (χ0n) is 9.89. The number of benzene rings is 1. The smallest absolute Gasteiger partial charge is 0.137 e. The van der Waals surface area contributed by atoms with Crippen molar-refractivity contribution in [1.29, 1.82) is 0 Å². The standard InChI is InChI=1S/C14H12FN3/c1-9-6-14-17-13(8-18(14)7-12(9)16)10-2-4-11(15)5-3-10/h2-8H,16H2,1H3. The van der Waals surface area contributed by atoms with Crippen LogP contribution in [0.4, 0.5) is 10.1 Å². The van der Waals surface area contributed by atoms with Crippen LogP contribution < -0.4 is 5.73 Å². The van der Waals surface area contributed by atoms with Crippen LogP contribution >= 0.6 is 0 Å². The van der Waals surface area contributed by atoms with Gasteiger partial charge in [-0.15, -0.1) is 0 Å². The lowest BCUT2D eigenvalue weighted by Gasteiger charge is -1.99. The molecule has 2 heterocycles. The highest BCUT2D eigenvalue weighted by molar-refractivity contribution is 5.64. The Morgan fingerprint density at radius 2 is 1.89 bits per heavy atom. The van der Waals surface area contributed by atoms with Crippen molar-refractivity contribution in [2.45, 2.75) is 6.92 Å². The molecule has 0 aliphatic heterocycles. The van der Waals surface area contributed by atoms with E-state index in [0.717, 1.165) is 28.2 Å². The van der Waals surface area contributed by atoms with E-state index in [2.05, 4.69) is 4.98 Å². The van der Waals surface area contributed by atoms with Gasteiger partial charge in [0.1, 0.15) is 11.5 Å². The third-order valence-corrected chi connectivity index (χ3v) is 2.98. The Kier molecular flexibility index (Phi) is 2.30. The Morgan fingerprint density at radius 3 is 2.61 bits per heavy atom. The van der Waals surface area contributed by atoms with Crippen LogP contribution in [0.1, 0.15) is 5.56 Å². The predicted molar refractivity (Wildman–Crippen MR) is 69.7 cm³/mol. The number of nitrogen functional groups attached to an aromatic ring is 1. The molecule has 0 atom stereocenters. The maximum atomic E-state index is 12.9. The minimum atomic E-state index is -0.248. The molecule has 3 rings (SSSR count). The fourth-order valence-electron chi connectivity index (χ4n) is 1.91. The number of aryl methyl sites for hydroxylation is 1. The molecule has 90 valence electrons. The topological polar surface area (TPSA) is 43.3 Å². The van der Waals surface area contributed by atoms with Crippen molar-refractivity contribution in [3.63, 3.8) is 0 Å². The van der Waals surface area contributed by atoms with E-state index in [0.29, 0.717) is 0 Å². The number of aromatic nitrogens is 2. The summed E-state index contributed by atoms with van der Waals surface area (Å²) < 4.78 is 14.7. The number of pyridine rings is 1. The summed E-state index contributed by atoms with van der Waals surface area (Å²) in [5, 5.41) is 0. The number of anilines is 1. The van der Waals surface area contributed by atoms with Crippen molar-refractivity contribution in [1.82, 2.24) is 9.38 Å². The van der Waals surface area contributed by atoms with Crippen molar-refractivity contribution < 1.29 is 4.39 Å². The molecule has 2 N–H and O–H groups in total. The van der Waals surface area contributed by atoms with Gasteiger partial charge >= 0.3 is 0 Å². The first-order valence-corrected chi connectivity index (χ1v) is 5.64. The predicted octanol–water partition coefficient (Wildman–Crippen LogP) is 3.03. The highest BCUT2D eigenvalue weighted by Gasteiger charge is 2.06. The SMILES string of the molecule is Cc1cc2nc(-c3ccc(F)cc3)cn2cc1N. The second-order valence-corrected chi connectivity index (χ2v) is 4.31. The highest BCUT2D eigenvalue weighted by atomic mass is 19.1. The maximum Gasteiger partial charge on any atom is 0.137 e. The van der Waals surface area contributed by atoms with Gasteiger partial charge < -0.3 is 10.1 Å². The molecule has 0 radical (unpaired) electrons. The lowest BCUT2D eigenvalue weighted by atomic mass is 10.2. The van der Waals surface area contributed by atoms with Crippen LogP contribution in [-0.2, 0) is 0 Å². The number of hydrogen-bond donors (Lipinski definition) is 1. The van der Waals surface area contributed by atoms with Gasteiger partial charge in [0.2, 0.25) is 0 Å². The fraction of sp³-hybridized carbons (Fsp3) is 0.0714. The van der Waals surface area contributed by atoms with E-state index in [1.807, 2.05) is 29.8 Å². The van der Waals surface area contributed by atoms with Crippen molar-refractivity contribution in [3.8, 4) is 11.3 Å². The van der Waals surface area contributed by atoms with Crippen molar-refractivity contribution >= 4 is 11.3 Å². The first-order valence-electron chi connectivity index (χ1n) is 5.64. The average Bonchev–Trinajstić information content (AvgIpc) is 2.73. The molecular formula is C14H12FN3. The second kappa shape index (κ2) is 3.84. The summed E-state index contributed by atoms with van der Waals surface area (Å²) in [6.07, 6.45) is 3.73. The number of imidazole rings is 1. The molecule has 0 saturated carbocycles. The van der Waals surface area contributed by atoms with Crippen LogP contribution in [0, 0.1) is 12.7 Å². The van der Waals surface area contributed by atoms with Gasteiger partial charge in [0.25, 0.3) is 0 Å². The summed E-state index contributed by atoms with van der Waals surface area (Å²) in [5.74, 6) is -0.248. The summed E-state index contributed by atoms with van der Waals surface area (Å²) in [4.78, 5) is 4.50. The Bertz CT molecular complexity index is 675. The molecule has 0 fully saturated rings. The van der Waals surface area contributed by atoms with Gasteiger partial charge in [-0.05, 0) is 42.8 Å². The average molecular weight is 241 g/mol. The number of fused-ring (bicyclic) bond motifs is 1. The minimum absolute atomic E-state index is 0.248. The molecule has 0 bridgehead atoms. The van der Waals surface area contributed by atoms with Crippen LogP contribution in [-0.4, -0.2) is 9.38 Å². The zero-order chi connectivity index (χ0) is 12.7. The molecule has 0 aliphatic rings. The van der Waals surface area contributed by atoms with E-state index in [-0.39, 0.29) is 5.82 Å². The first kappa shape index (κ1) is 10.8. The molecule has 3 nitrogen and oxygen atoms in total. The molecular weight excluding hydrogens is 229 g/mol. The molecule has 2 aromatic heterocycles. The van der Waals surface area contributed by atoms with Crippen LogP contribution in [0.3, 0.4) is 0 Å². The minimum Gasteiger partial charge on any atom is -0.397 e. The quantitative estimate of drug-likeness (QED) is 0.711. The van der Waals surface area contributed by atoms with E-state index in [1.165, 1.54) is 12.1 Å². The maximum absolute atomic E-state index is 12.9. The number of nitrogens with two attached hydrogens (primary N) is 1. The number of hydrogen-bond acceptors (Lipinski definition) is 2. The van der Waals surface area contributed by atoms with Gasteiger partial charge in [0, 0.05) is 18.0 Å². The number of halogens is 1. The summed E-state index contributed by atoms with van der Waals surface area (Å²) in [6, 6.07) is 8.22. The Balaban J connectivity index is 2.16. The van der Waals surface area contributed by atoms with Gasteiger partial charge in [-0.2, -0.15) is 0 Å². The number of nitrogens with zero attached hydrogens (tertiary/aromatic N) is 2. The summed E-state index contributed by atoms with van der Waals surface area (Å²) in [6.45, 7) is 1.95. The molecule has 0 spiro atoms. The fourth-order valence-corrected chi connectivity index (χ4v) is 1.91. The van der Waals surface area contributed by atoms with Crippen LogP contribution in [0.15, 0.2) is 42.7 Å². The molecule has 0 saturated heterocycles. The van der Waals surface area contributed by atoms with Crippen molar-refractivity contribution in [3.05, 3.63) is 54.1 Å². The highest BCUT2D eigenvalue weighted by Crippen LogP contribution is 2.21. The lowest BCUT2D eigenvalue weighted by Crippen LogP contribution is -1.93. The van der Waals surface area contributed by atoms with E-state index >= 15 is 0 Å². The normalized spacial score (nSPS) is 11.0.